The fourth-order valence-corrected chi connectivity index (χ4v) is 1.49. The Bertz CT molecular complexity index is 91.1. The van der Waals surface area contributed by atoms with Crippen molar-refractivity contribution >= 4 is 20.5 Å². The van der Waals surface area contributed by atoms with E-state index in [4.69, 9.17) is 0 Å². The Morgan fingerprint density at radius 3 is 2.43 bits per heavy atom. The van der Waals surface area contributed by atoms with Crippen molar-refractivity contribution in [1.82, 2.24) is 0 Å². The maximum atomic E-state index is 9.75. The third-order valence-electron chi connectivity index (χ3n) is 0.478. The van der Waals surface area contributed by atoms with Gasteiger partial charge in [0.15, 0.2) is 9.76 Å². The summed E-state index contributed by atoms with van der Waals surface area (Å²) in [4.78, 5) is 0. The van der Waals surface area contributed by atoms with Crippen LogP contribution in [0.3, 0.4) is 0 Å². The van der Waals surface area contributed by atoms with Crippen LogP contribution >= 0.6 is 0 Å². The summed E-state index contributed by atoms with van der Waals surface area (Å²) in [6.45, 7) is 0. The molecule has 44 valence electrons. The van der Waals surface area contributed by atoms with Crippen molar-refractivity contribution in [2.75, 3.05) is 12.5 Å². The minimum absolute atomic E-state index is 0.270. The van der Waals surface area contributed by atoms with E-state index in [1.165, 1.54) is 7.11 Å². The maximum Gasteiger partial charge on any atom is 0.175 e. The largest absolute Gasteiger partial charge is 0.426 e. The summed E-state index contributed by atoms with van der Waals surface area (Å²) < 4.78 is 24.1. The van der Waals surface area contributed by atoms with Gasteiger partial charge in [-0.2, -0.15) is 0 Å². The van der Waals surface area contributed by atoms with Gasteiger partial charge in [-0.1, -0.05) is 0 Å². The molecule has 0 spiro atoms. The van der Waals surface area contributed by atoms with E-state index in [-0.39, 0.29) is 5.38 Å². The SMILES string of the molecule is CO[SiH2]C[SH](=O)=O. The summed E-state index contributed by atoms with van der Waals surface area (Å²) in [5, 5.41) is 0.270. The third-order valence-corrected chi connectivity index (χ3v) is 3.08. The molecule has 0 fully saturated rings. The Kier molecular flexibility index (Phi) is 4.37. The highest BCUT2D eigenvalue weighted by Crippen LogP contribution is 1.61. The van der Waals surface area contributed by atoms with E-state index < -0.39 is 20.5 Å². The van der Waals surface area contributed by atoms with E-state index in [0.29, 0.717) is 0 Å². The lowest BCUT2D eigenvalue weighted by Crippen LogP contribution is -2.01. The van der Waals surface area contributed by atoms with Gasteiger partial charge in [0.1, 0.15) is 10.7 Å². The Labute approximate surface area is 46.6 Å². The zero-order valence-electron chi connectivity index (χ0n) is 4.09. The van der Waals surface area contributed by atoms with Crippen molar-refractivity contribution in [1.29, 1.82) is 0 Å². The number of hydrogen-bond acceptors (Lipinski definition) is 3. The van der Waals surface area contributed by atoms with Crippen molar-refractivity contribution in [2.24, 2.45) is 0 Å². The molecule has 0 aromatic rings. The molecule has 0 saturated heterocycles. The monoisotopic (exact) mass is 140 g/mol. The molecule has 3 nitrogen and oxygen atoms in total. The van der Waals surface area contributed by atoms with Crippen molar-refractivity contribution in [3.05, 3.63) is 0 Å². The van der Waals surface area contributed by atoms with Crippen LogP contribution in [0.4, 0.5) is 0 Å². The highest BCUT2D eigenvalue weighted by Gasteiger charge is 1.83. The highest BCUT2D eigenvalue weighted by atomic mass is 32.2. The Hall–Kier alpha value is 0.127. The first-order valence-electron chi connectivity index (χ1n) is 1.88. The molecule has 0 rings (SSSR count). The zero-order chi connectivity index (χ0) is 5.70. The molecule has 0 bridgehead atoms. The molecule has 7 heavy (non-hydrogen) atoms. The molecule has 0 amide bonds. The van der Waals surface area contributed by atoms with Crippen LogP contribution in [0.15, 0.2) is 0 Å². The van der Waals surface area contributed by atoms with Crippen LogP contribution in [0.2, 0.25) is 0 Å². The highest BCUT2D eigenvalue weighted by molar-refractivity contribution is 7.73. The molecule has 0 unspecified atom stereocenters. The van der Waals surface area contributed by atoms with Crippen molar-refractivity contribution in [3.8, 4) is 0 Å². The minimum Gasteiger partial charge on any atom is -0.426 e. The average Bonchev–Trinajstić information content (AvgIpc) is 1.61. The van der Waals surface area contributed by atoms with Crippen molar-refractivity contribution < 1.29 is 12.8 Å². The second kappa shape index (κ2) is 4.29. The van der Waals surface area contributed by atoms with E-state index >= 15 is 0 Å². The molecule has 0 atom stereocenters. The first kappa shape index (κ1) is 7.13. The van der Waals surface area contributed by atoms with Crippen LogP contribution in [0.5, 0.6) is 0 Å². The van der Waals surface area contributed by atoms with Crippen LogP contribution in [0.1, 0.15) is 0 Å². The van der Waals surface area contributed by atoms with E-state index in [9.17, 15) is 8.42 Å². The normalized spacial score (nSPS) is 11.7. The van der Waals surface area contributed by atoms with Gasteiger partial charge in [-0.15, -0.1) is 0 Å². The smallest absolute Gasteiger partial charge is 0.175 e. The Morgan fingerprint density at radius 1 is 1.71 bits per heavy atom. The van der Waals surface area contributed by atoms with Gasteiger partial charge in [0, 0.05) is 7.11 Å². The summed E-state index contributed by atoms with van der Waals surface area (Å²) in [5.74, 6) is 0. The first-order valence-corrected chi connectivity index (χ1v) is 4.82. The topological polar surface area (TPSA) is 43.4 Å². The molecular weight excluding hydrogens is 132 g/mol. The molecule has 0 radical (unpaired) electrons. The van der Waals surface area contributed by atoms with Gasteiger partial charge >= 0.3 is 0 Å². The van der Waals surface area contributed by atoms with Gasteiger partial charge in [-0.3, -0.25) is 0 Å². The quantitative estimate of drug-likeness (QED) is 0.375. The average molecular weight is 140 g/mol. The van der Waals surface area contributed by atoms with Gasteiger partial charge in [-0.25, -0.2) is 8.42 Å². The minimum atomic E-state index is -2.17. The van der Waals surface area contributed by atoms with Gasteiger partial charge in [0.05, 0.1) is 5.38 Å². The maximum absolute atomic E-state index is 9.75. The predicted molar refractivity (Wildman–Crippen MR) is 30.7 cm³/mol. The van der Waals surface area contributed by atoms with E-state index in [1.807, 2.05) is 0 Å². The van der Waals surface area contributed by atoms with Crippen molar-refractivity contribution in [3.63, 3.8) is 0 Å². The van der Waals surface area contributed by atoms with E-state index in [2.05, 4.69) is 4.43 Å². The number of hydrogen-bond donors (Lipinski definition) is 1. The van der Waals surface area contributed by atoms with Crippen LogP contribution in [0.25, 0.3) is 0 Å². The molecule has 5 heteroatoms. The van der Waals surface area contributed by atoms with Crippen LogP contribution in [0, 0.1) is 0 Å². The summed E-state index contributed by atoms with van der Waals surface area (Å²) in [7, 11) is -1.36. The number of rotatable bonds is 3. The van der Waals surface area contributed by atoms with Crippen LogP contribution in [-0.2, 0) is 15.1 Å². The molecule has 0 aliphatic carbocycles. The zero-order valence-corrected chi connectivity index (χ0v) is 6.39. The van der Waals surface area contributed by atoms with Gasteiger partial charge in [0.25, 0.3) is 0 Å². The predicted octanol–water partition coefficient (Wildman–Crippen LogP) is -1.71. The lowest BCUT2D eigenvalue weighted by molar-refractivity contribution is 0.445. The molecule has 0 aromatic heterocycles. The molecule has 0 aliphatic heterocycles. The number of thiol groups is 1. The Balaban J connectivity index is 2.98. The standard InChI is InChI=1S/C2H8O3SSi/c1-5-7-2-6(3)4/h6H,2,7H2,1H3. The second-order valence-corrected chi connectivity index (χ2v) is 4.49. The van der Waals surface area contributed by atoms with E-state index in [0.717, 1.165) is 0 Å². The van der Waals surface area contributed by atoms with Crippen LogP contribution < -0.4 is 0 Å². The van der Waals surface area contributed by atoms with Gasteiger partial charge in [0.2, 0.25) is 0 Å². The van der Waals surface area contributed by atoms with Gasteiger partial charge < -0.3 is 4.43 Å². The van der Waals surface area contributed by atoms with Gasteiger partial charge in [-0.05, 0) is 0 Å². The lowest BCUT2D eigenvalue weighted by atomic mass is 11.8. The molecule has 0 N–H and O–H groups in total. The van der Waals surface area contributed by atoms with Crippen molar-refractivity contribution in [2.45, 2.75) is 0 Å². The second-order valence-electron chi connectivity index (χ2n) is 1.05. The Morgan fingerprint density at radius 2 is 2.29 bits per heavy atom. The summed E-state index contributed by atoms with van der Waals surface area (Å²) in [6, 6.07) is 0. The fraction of sp³-hybridized carbons (Fsp3) is 1.00. The van der Waals surface area contributed by atoms with Crippen LogP contribution in [-0.4, -0.2) is 30.7 Å². The molecular formula is C2H8O3SSi. The molecule has 0 aliphatic rings. The molecule has 0 heterocycles. The molecule has 0 saturated carbocycles. The third kappa shape index (κ3) is 6.13. The summed E-state index contributed by atoms with van der Waals surface area (Å²) in [5.41, 5.74) is 0. The lowest BCUT2D eigenvalue weighted by Gasteiger charge is -1.84. The van der Waals surface area contributed by atoms with E-state index in [1.54, 1.807) is 0 Å². The summed E-state index contributed by atoms with van der Waals surface area (Å²) >= 11 is 0. The molecule has 0 aromatic carbocycles. The first-order chi connectivity index (χ1) is 3.27. The fourth-order valence-electron chi connectivity index (χ4n) is 0.166. The summed E-state index contributed by atoms with van der Waals surface area (Å²) in [6.07, 6.45) is 0.